The maximum Gasteiger partial charge on any atom is 0.339 e. The molecule has 10 nitrogen and oxygen atoms in total. The minimum absolute atomic E-state index is 0.00590. The number of nitrogens with zero attached hydrogens (tertiary/aromatic N) is 1. The molecule has 0 saturated carbocycles. The molecule has 1 fully saturated rings. The number of sulfonamides is 1. The lowest BCUT2D eigenvalue weighted by Gasteiger charge is -2.26. The van der Waals surface area contributed by atoms with E-state index in [1.54, 1.807) is 0 Å². The van der Waals surface area contributed by atoms with Gasteiger partial charge in [-0.05, 0) is 36.4 Å². The Balaban J connectivity index is 1.96. The molecule has 12 heteroatoms. The molecule has 0 bridgehead atoms. The second-order valence-corrected chi connectivity index (χ2v) is 9.17. The quantitative estimate of drug-likeness (QED) is 0.602. The summed E-state index contributed by atoms with van der Waals surface area (Å²) >= 11 is 6.14. The summed E-state index contributed by atoms with van der Waals surface area (Å²) in [5, 5.41) is 2.48. The molecule has 2 aromatic carbocycles. The van der Waals surface area contributed by atoms with Gasteiger partial charge < -0.3 is 19.5 Å². The molecule has 0 aromatic heterocycles. The first kappa shape index (κ1) is 24.6. The molecular weight excluding hydrogens is 476 g/mol. The second kappa shape index (κ2) is 10.3. The lowest BCUT2D eigenvalue weighted by atomic mass is 10.1. The zero-order valence-corrected chi connectivity index (χ0v) is 19.4. The van der Waals surface area contributed by atoms with Crippen molar-refractivity contribution >= 4 is 45.2 Å². The number of halogens is 1. The van der Waals surface area contributed by atoms with E-state index in [0.717, 1.165) is 6.07 Å². The minimum Gasteiger partial charge on any atom is -0.465 e. The molecule has 1 N–H and O–H groups in total. The van der Waals surface area contributed by atoms with Crippen LogP contribution in [0.15, 0.2) is 41.3 Å². The molecule has 1 aliphatic heterocycles. The van der Waals surface area contributed by atoms with Gasteiger partial charge in [0.25, 0.3) is 5.91 Å². The van der Waals surface area contributed by atoms with Crippen molar-refractivity contribution in [3.63, 3.8) is 0 Å². The zero-order valence-electron chi connectivity index (χ0n) is 17.8. The summed E-state index contributed by atoms with van der Waals surface area (Å²) in [7, 11) is -1.60. The van der Waals surface area contributed by atoms with Gasteiger partial charge in [0.1, 0.15) is 4.90 Å². The molecule has 176 valence electrons. The molecule has 3 rings (SSSR count). The van der Waals surface area contributed by atoms with E-state index in [4.69, 9.17) is 21.1 Å². The number of ether oxygens (including phenoxy) is 3. The number of esters is 2. The molecule has 1 amide bonds. The van der Waals surface area contributed by atoms with E-state index in [9.17, 15) is 22.8 Å². The number of morpholine rings is 1. The number of methoxy groups -OCH3 is 2. The summed E-state index contributed by atoms with van der Waals surface area (Å²) in [5.74, 6) is -2.14. The van der Waals surface area contributed by atoms with Crippen molar-refractivity contribution in [2.75, 3.05) is 45.8 Å². The first-order chi connectivity index (χ1) is 15.7. The summed E-state index contributed by atoms with van der Waals surface area (Å²) in [6.45, 7) is 0.837. The van der Waals surface area contributed by atoms with Crippen LogP contribution >= 0.6 is 11.6 Å². The standard InChI is InChI=1S/C21H21ClN2O8S/c1-30-20(26)14-3-5-15(21(27)31-2)17(11-14)23-19(25)13-4-6-16(22)18(12-13)33(28,29)24-7-9-32-10-8-24/h3-6,11-12H,7-10H2,1-2H3,(H,23,25). The molecule has 0 aliphatic carbocycles. The van der Waals surface area contributed by atoms with Gasteiger partial charge in [-0.1, -0.05) is 11.6 Å². The van der Waals surface area contributed by atoms with Crippen molar-refractivity contribution in [2.24, 2.45) is 0 Å². The highest BCUT2D eigenvalue weighted by molar-refractivity contribution is 7.89. The maximum absolute atomic E-state index is 13.0. The summed E-state index contributed by atoms with van der Waals surface area (Å²) in [6, 6.07) is 7.72. The number of benzene rings is 2. The van der Waals surface area contributed by atoms with Crippen molar-refractivity contribution in [2.45, 2.75) is 4.90 Å². The number of carbonyl (C=O) groups excluding carboxylic acids is 3. The topological polar surface area (TPSA) is 128 Å². The first-order valence-corrected chi connectivity index (χ1v) is 11.5. The minimum atomic E-state index is -3.96. The van der Waals surface area contributed by atoms with Crippen LogP contribution in [-0.2, 0) is 24.2 Å². The van der Waals surface area contributed by atoms with E-state index < -0.39 is 27.9 Å². The fraction of sp³-hybridized carbons (Fsp3) is 0.286. The highest BCUT2D eigenvalue weighted by atomic mass is 35.5. The Morgan fingerprint density at radius 1 is 0.970 bits per heavy atom. The van der Waals surface area contributed by atoms with Gasteiger partial charge in [-0.3, -0.25) is 4.79 Å². The van der Waals surface area contributed by atoms with Gasteiger partial charge in [0.05, 0.1) is 49.3 Å². The Morgan fingerprint density at radius 2 is 1.61 bits per heavy atom. The average molecular weight is 497 g/mol. The number of nitrogens with one attached hydrogen (secondary N) is 1. The fourth-order valence-electron chi connectivity index (χ4n) is 3.14. The third-order valence-electron chi connectivity index (χ3n) is 4.88. The van der Waals surface area contributed by atoms with Crippen molar-refractivity contribution in [1.82, 2.24) is 4.31 Å². The van der Waals surface area contributed by atoms with E-state index in [0.29, 0.717) is 0 Å². The molecule has 1 heterocycles. The van der Waals surface area contributed by atoms with Gasteiger partial charge in [0, 0.05) is 18.7 Å². The number of carbonyl (C=O) groups is 3. The van der Waals surface area contributed by atoms with Crippen molar-refractivity contribution < 1.29 is 37.0 Å². The fourth-order valence-corrected chi connectivity index (χ4v) is 5.05. The number of rotatable bonds is 6. The van der Waals surface area contributed by atoms with E-state index in [1.807, 2.05) is 0 Å². The van der Waals surface area contributed by atoms with Crippen LogP contribution in [0, 0.1) is 0 Å². The van der Waals surface area contributed by atoms with Gasteiger partial charge >= 0.3 is 11.9 Å². The van der Waals surface area contributed by atoms with Crippen LogP contribution < -0.4 is 5.32 Å². The molecule has 1 saturated heterocycles. The molecule has 0 spiro atoms. The van der Waals surface area contributed by atoms with Crippen molar-refractivity contribution in [3.05, 3.63) is 58.1 Å². The van der Waals surface area contributed by atoms with Crippen molar-refractivity contribution in [1.29, 1.82) is 0 Å². The smallest absolute Gasteiger partial charge is 0.339 e. The van der Waals surface area contributed by atoms with Crippen molar-refractivity contribution in [3.8, 4) is 0 Å². The second-order valence-electron chi connectivity index (χ2n) is 6.86. The van der Waals surface area contributed by atoms with Crippen LogP contribution in [0.2, 0.25) is 5.02 Å². The molecule has 2 aromatic rings. The Labute approximate surface area is 195 Å². The highest BCUT2D eigenvalue weighted by Crippen LogP contribution is 2.27. The predicted molar refractivity (Wildman–Crippen MR) is 118 cm³/mol. The lowest BCUT2D eigenvalue weighted by molar-refractivity contribution is 0.0587. The summed E-state index contributed by atoms with van der Waals surface area (Å²) < 4.78 is 41.8. The van der Waals surface area contributed by atoms with Crippen LogP contribution in [0.5, 0.6) is 0 Å². The van der Waals surface area contributed by atoms with Crippen LogP contribution in [0.1, 0.15) is 31.1 Å². The third-order valence-corrected chi connectivity index (χ3v) is 7.26. The van der Waals surface area contributed by atoms with Crippen LogP contribution in [0.4, 0.5) is 5.69 Å². The van der Waals surface area contributed by atoms with E-state index in [2.05, 4.69) is 10.1 Å². The van der Waals surface area contributed by atoms with Gasteiger partial charge in [-0.15, -0.1) is 0 Å². The Bertz CT molecular complexity index is 1190. The van der Waals surface area contributed by atoms with Gasteiger partial charge in [-0.2, -0.15) is 4.31 Å². The third kappa shape index (κ3) is 5.33. The normalized spacial score (nSPS) is 14.4. The van der Waals surface area contributed by atoms with E-state index in [-0.39, 0.29) is 58.6 Å². The zero-order chi connectivity index (χ0) is 24.2. The molecule has 0 radical (unpaired) electrons. The Hall–Kier alpha value is -2.99. The Kier molecular flexibility index (Phi) is 7.69. The first-order valence-electron chi connectivity index (χ1n) is 9.68. The molecule has 33 heavy (non-hydrogen) atoms. The van der Waals surface area contributed by atoms with E-state index >= 15 is 0 Å². The van der Waals surface area contributed by atoms with Crippen LogP contribution in [-0.4, -0.2) is 71.1 Å². The number of hydrogen-bond donors (Lipinski definition) is 1. The summed E-state index contributed by atoms with van der Waals surface area (Å²) in [5.41, 5.74) is 0.0496. The summed E-state index contributed by atoms with van der Waals surface area (Å²) in [4.78, 5) is 36.7. The lowest BCUT2D eigenvalue weighted by Crippen LogP contribution is -2.40. The van der Waals surface area contributed by atoms with Crippen LogP contribution in [0.25, 0.3) is 0 Å². The largest absolute Gasteiger partial charge is 0.465 e. The number of amides is 1. The average Bonchev–Trinajstić information content (AvgIpc) is 2.83. The number of hydrogen-bond acceptors (Lipinski definition) is 8. The monoisotopic (exact) mass is 496 g/mol. The highest BCUT2D eigenvalue weighted by Gasteiger charge is 2.29. The van der Waals surface area contributed by atoms with Crippen LogP contribution in [0.3, 0.4) is 0 Å². The van der Waals surface area contributed by atoms with Gasteiger partial charge in [-0.25, -0.2) is 18.0 Å². The maximum atomic E-state index is 13.0. The van der Waals surface area contributed by atoms with Gasteiger partial charge in [0.2, 0.25) is 10.0 Å². The Morgan fingerprint density at radius 3 is 2.24 bits per heavy atom. The molecular formula is C21H21ClN2O8S. The molecule has 0 atom stereocenters. The molecule has 1 aliphatic rings. The van der Waals surface area contributed by atoms with E-state index in [1.165, 1.54) is 48.9 Å². The summed E-state index contributed by atoms with van der Waals surface area (Å²) in [6.07, 6.45) is 0. The SMILES string of the molecule is COC(=O)c1ccc(C(=O)OC)c(NC(=O)c2ccc(Cl)c(S(=O)(=O)N3CCOCC3)c2)c1. The van der Waals surface area contributed by atoms with Gasteiger partial charge in [0.15, 0.2) is 0 Å². The predicted octanol–water partition coefficient (Wildman–Crippen LogP) is 2.19. The number of anilines is 1. The molecule has 0 unspecified atom stereocenters.